The van der Waals surface area contributed by atoms with Crippen LogP contribution >= 0.6 is 103 Å². The first-order valence-electron chi connectivity index (χ1n) is 6.91. The molecular weight excluding hydrogens is 778 g/mol. The van der Waals surface area contributed by atoms with Gasteiger partial charge < -0.3 is 9.09 Å². The first kappa shape index (κ1) is 50.5. The summed E-state index contributed by atoms with van der Waals surface area (Å²) in [6, 6.07) is -0.859. The molecule has 0 aromatic heterocycles. The van der Waals surface area contributed by atoms with Crippen molar-refractivity contribution in [2.75, 3.05) is 51.5 Å². The van der Waals surface area contributed by atoms with E-state index < -0.39 is 63.9 Å². The van der Waals surface area contributed by atoms with E-state index in [-0.39, 0.29) is 6.07 Å². The summed E-state index contributed by atoms with van der Waals surface area (Å²) in [7, 11) is 4.61. The largest absolute Gasteiger partial charge is 0.356 e. The molecular formula is C8H22Cl8O13P2S4. The molecule has 0 fully saturated rings. The van der Waals surface area contributed by atoms with Crippen molar-refractivity contribution in [3.8, 4) is 0 Å². The van der Waals surface area contributed by atoms with Crippen molar-refractivity contribution in [2.24, 2.45) is 0 Å². The summed E-state index contributed by atoms with van der Waals surface area (Å²) in [6.45, 7) is 8.28. The van der Waals surface area contributed by atoms with Gasteiger partial charge in [-0.3, -0.25) is 9.12 Å². The van der Waals surface area contributed by atoms with Crippen LogP contribution in [0.1, 0.15) is 0 Å². The molecule has 0 aliphatic rings. The van der Waals surface area contributed by atoms with Crippen LogP contribution in [-0.4, -0.2) is 85.5 Å². The van der Waals surface area contributed by atoms with Crippen LogP contribution < -0.4 is 0 Å². The molecule has 0 radical (unpaired) electrons. The fourth-order valence-corrected chi connectivity index (χ4v) is 2.62. The first-order valence-corrected chi connectivity index (χ1v) is 23.6. The van der Waals surface area contributed by atoms with E-state index in [1.165, 1.54) is 13.3 Å². The smallest absolute Gasteiger partial charge is 0.324 e. The molecule has 27 heteroatoms. The average Bonchev–Trinajstić information content (AvgIpc) is 2.39. The van der Waals surface area contributed by atoms with Crippen molar-refractivity contribution >= 4 is 140 Å². The van der Waals surface area contributed by atoms with E-state index in [1.807, 2.05) is 0 Å². The Hall–Kier alpha value is 2.62. The molecule has 0 rings (SSSR count). The second-order valence-electron chi connectivity index (χ2n) is 5.22. The SMILES string of the molecule is CP(C)(=O)OCCl.CP(C)(C)=O.O=S(=O)(Cl)OCCl.O=S(=O)(Cl)OCCl.O=S(=O)(O)Cl.O=S(Cl)Cl. The van der Waals surface area contributed by atoms with Crippen LogP contribution in [0.4, 0.5) is 0 Å². The Kier molecular flexibility index (Phi) is 38.7. The van der Waals surface area contributed by atoms with Gasteiger partial charge in [0.15, 0.2) is 7.37 Å². The Labute approximate surface area is 245 Å². The lowest BCUT2D eigenvalue weighted by atomic mass is 11.7. The molecule has 0 aliphatic heterocycles. The van der Waals surface area contributed by atoms with Gasteiger partial charge in [0.2, 0.25) is 9.23 Å². The predicted octanol–water partition coefficient (Wildman–Crippen LogP) is 5.41. The fraction of sp³-hybridized carbons (Fsp3) is 1.00. The van der Waals surface area contributed by atoms with Gasteiger partial charge in [0.05, 0.1) is 7.14 Å². The second-order valence-corrected chi connectivity index (χ2v) is 21.2. The van der Waals surface area contributed by atoms with Crippen LogP contribution in [0.5, 0.6) is 0 Å². The Balaban J connectivity index is -0.0000000730. The summed E-state index contributed by atoms with van der Waals surface area (Å²) in [5.74, 6) is 0. The minimum Gasteiger partial charge on any atom is -0.324 e. The number of hydrogen-bond acceptors (Lipinski definition) is 12. The molecule has 0 saturated carbocycles. The van der Waals surface area contributed by atoms with E-state index in [2.05, 4.69) is 66.3 Å². The van der Waals surface area contributed by atoms with Crippen molar-refractivity contribution < 1.29 is 56.0 Å². The standard InChI is InChI=1S/C3H8ClO2P.C3H9OP.2CH2Cl2O3S.Cl2OS.ClHO3S/c1-7(2,5)6-3-4;1-5(2,3)4;2*2-1-6-7(3,4)5;1-4(2)3;1-5(2,3)4/h3H2,1-2H3;1-3H3;2*1H2;;(H,2,3,4). The highest BCUT2D eigenvalue weighted by Crippen LogP contribution is 2.36. The molecule has 0 spiro atoms. The van der Waals surface area contributed by atoms with Crippen molar-refractivity contribution in [2.45, 2.75) is 0 Å². The molecule has 0 bridgehead atoms. The molecule has 13 nitrogen and oxygen atoms in total. The Morgan fingerprint density at radius 3 is 0.886 bits per heavy atom. The number of hydrogen-bond donors (Lipinski definition) is 1. The van der Waals surface area contributed by atoms with E-state index in [9.17, 15) is 26.0 Å². The lowest BCUT2D eigenvalue weighted by Crippen LogP contribution is -1.92. The van der Waals surface area contributed by atoms with Gasteiger partial charge in [0.25, 0.3) is 0 Å². The molecule has 0 aromatic rings. The molecule has 1 N–H and O–H groups in total. The van der Waals surface area contributed by atoms with Gasteiger partial charge in [-0.25, -0.2) is 12.6 Å². The normalized spacial score (nSPS) is 11.4. The molecule has 0 aromatic carbocycles. The van der Waals surface area contributed by atoms with Gasteiger partial charge in [0.1, 0.15) is 18.2 Å². The van der Waals surface area contributed by atoms with Gasteiger partial charge in [-0.05, 0) is 20.0 Å². The summed E-state index contributed by atoms with van der Waals surface area (Å²) in [5, 5.41) is 0. The molecule has 222 valence electrons. The molecule has 0 heterocycles. The minimum absolute atomic E-state index is 0.0181. The Bertz CT molecular complexity index is 878. The molecule has 0 saturated heterocycles. The number of alkyl halides is 3. The highest BCUT2D eigenvalue weighted by Gasteiger charge is 2.03. The van der Waals surface area contributed by atoms with Crippen molar-refractivity contribution in [1.82, 2.24) is 0 Å². The predicted molar refractivity (Wildman–Crippen MR) is 147 cm³/mol. The zero-order valence-corrected chi connectivity index (χ0v) is 29.1. The van der Waals surface area contributed by atoms with Crippen LogP contribution in [-0.2, 0) is 59.2 Å². The maximum atomic E-state index is 10.5. The summed E-state index contributed by atoms with van der Waals surface area (Å²) < 4.78 is 106. The van der Waals surface area contributed by atoms with Gasteiger partial charge in [0, 0.05) is 66.7 Å². The van der Waals surface area contributed by atoms with E-state index >= 15 is 0 Å². The third-order valence-corrected chi connectivity index (χ3v) is 3.55. The summed E-state index contributed by atoms with van der Waals surface area (Å²) in [6.07, 6.45) is 0. The van der Waals surface area contributed by atoms with E-state index in [4.69, 9.17) is 52.0 Å². The fourth-order valence-electron chi connectivity index (χ4n) is 0.224. The maximum absolute atomic E-state index is 10.5. The Morgan fingerprint density at radius 2 is 0.886 bits per heavy atom. The summed E-state index contributed by atoms with van der Waals surface area (Å²) >= 11 is 14.7. The van der Waals surface area contributed by atoms with Crippen LogP contribution in [0, 0.1) is 0 Å². The molecule has 0 atom stereocenters. The zero-order valence-electron chi connectivity index (χ0n) is 18.0. The molecule has 0 aliphatic carbocycles. The van der Waals surface area contributed by atoms with Crippen LogP contribution in [0.25, 0.3) is 0 Å². The van der Waals surface area contributed by atoms with Gasteiger partial charge in [-0.15, -0.1) is 0 Å². The van der Waals surface area contributed by atoms with E-state index in [0.717, 1.165) is 0 Å². The van der Waals surface area contributed by atoms with Gasteiger partial charge >= 0.3 is 28.0 Å². The quantitative estimate of drug-likeness (QED) is 0.155. The lowest BCUT2D eigenvalue weighted by Gasteiger charge is -2.01. The van der Waals surface area contributed by atoms with Crippen LogP contribution in [0.2, 0.25) is 0 Å². The third-order valence-electron chi connectivity index (χ3n) is 0.730. The van der Waals surface area contributed by atoms with Crippen molar-refractivity contribution in [3.63, 3.8) is 0 Å². The third kappa shape index (κ3) is 205. The number of halogens is 8. The molecule has 0 unspecified atom stereocenters. The van der Waals surface area contributed by atoms with Crippen LogP contribution in [0.15, 0.2) is 0 Å². The summed E-state index contributed by atoms with van der Waals surface area (Å²) in [4.78, 5) is 0. The highest BCUT2D eigenvalue weighted by molar-refractivity contribution is 8.26. The average molecular weight is 800 g/mol. The molecule has 0 amide bonds. The van der Waals surface area contributed by atoms with Gasteiger partial charge in [-0.1, -0.05) is 34.8 Å². The number of rotatable bonds is 6. The minimum atomic E-state index is -4.19. The van der Waals surface area contributed by atoms with Crippen LogP contribution in [0.3, 0.4) is 0 Å². The second kappa shape index (κ2) is 26.8. The highest BCUT2D eigenvalue weighted by atomic mass is 36.0. The monoisotopic (exact) mass is 796 g/mol. The van der Waals surface area contributed by atoms with E-state index in [0.29, 0.717) is 0 Å². The Morgan fingerprint density at radius 1 is 0.714 bits per heavy atom. The molecule has 35 heavy (non-hydrogen) atoms. The summed E-state index contributed by atoms with van der Waals surface area (Å²) in [5.41, 5.74) is 0. The maximum Gasteiger partial charge on any atom is 0.356 e. The zero-order chi connectivity index (χ0) is 30.3. The lowest BCUT2D eigenvalue weighted by molar-refractivity contribution is 0.382. The van der Waals surface area contributed by atoms with E-state index in [1.54, 1.807) is 20.0 Å². The van der Waals surface area contributed by atoms with Crippen molar-refractivity contribution in [1.29, 1.82) is 0 Å². The van der Waals surface area contributed by atoms with Crippen molar-refractivity contribution in [3.05, 3.63) is 0 Å². The van der Waals surface area contributed by atoms with Gasteiger partial charge in [-0.2, -0.15) is 25.3 Å². The first-order chi connectivity index (χ1) is 14.9. The topological polar surface area (TPSA) is 202 Å².